The first-order valence-corrected chi connectivity index (χ1v) is 4.32. The third-order valence-corrected chi connectivity index (χ3v) is 2.35. The van der Waals surface area contributed by atoms with Crippen molar-refractivity contribution < 1.29 is 0 Å². The SMILES string of the molecule is Cc1nc(NC(N)=S)sc1C. The van der Waals surface area contributed by atoms with E-state index in [0.717, 1.165) is 10.8 Å². The number of hydrogen-bond donors (Lipinski definition) is 2. The van der Waals surface area contributed by atoms with Gasteiger partial charge >= 0.3 is 0 Å². The Morgan fingerprint density at radius 2 is 2.27 bits per heavy atom. The first-order chi connectivity index (χ1) is 5.09. The van der Waals surface area contributed by atoms with E-state index >= 15 is 0 Å². The Morgan fingerprint density at radius 1 is 1.64 bits per heavy atom. The Hall–Kier alpha value is -0.680. The van der Waals surface area contributed by atoms with Gasteiger partial charge in [0.25, 0.3) is 0 Å². The van der Waals surface area contributed by atoms with Gasteiger partial charge in [-0.1, -0.05) is 0 Å². The summed E-state index contributed by atoms with van der Waals surface area (Å²) in [7, 11) is 0. The minimum atomic E-state index is 0.263. The van der Waals surface area contributed by atoms with E-state index in [2.05, 4.69) is 22.5 Å². The highest BCUT2D eigenvalue weighted by Gasteiger charge is 2.02. The van der Waals surface area contributed by atoms with Crippen molar-refractivity contribution >= 4 is 33.8 Å². The summed E-state index contributed by atoms with van der Waals surface area (Å²) in [6.07, 6.45) is 0. The maximum absolute atomic E-state index is 5.27. The smallest absolute Gasteiger partial charge is 0.189 e. The minimum Gasteiger partial charge on any atom is -0.376 e. The topological polar surface area (TPSA) is 50.9 Å². The van der Waals surface area contributed by atoms with Crippen LogP contribution in [-0.2, 0) is 0 Å². The van der Waals surface area contributed by atoms with E-state index in [1.54, 1.807) is 11.3 Å². The summed E-state index contributed by atoms with van der Waals surface area (Å²) in [5, 5.41) is 3.82. The van der Waals surface area contributed by atoms with Crippen molar-refractivity contribution in [3.8, 4) is 0 Å². The molecule has 3 nitrogen and oxygen atoms in total. The third kappa shape index (κ3) is 2.13. The Labute approximate surface area is 74.6 Å². The average Bonchev–Trinajstić information content (AvgIpc) is 2.10. The van der Waals surface area contributed by atoms with Crippen LogP contribution in [0.15, 0.2) is 0 Å². The summed E-state index contributed by atoms with van der Waals surface area (Å²) < 4.78 is 0. The minimum absolute atomic E-state index is 0.263. The molecule has 0 bridgehead atoms. The summed E-state index contributed by atoms with van der Waals surface area (Å²) in [5.74, 6) is 0. The van der Waals surface area contributed by atoms with Crippen LogP contribution >= 0.6 is 23.6 Å². The van der Waals surface area contributed by atoms with E-state index in [1.165, 1.54) is 4.88 Å². The van der Waals surface area contributed by atoms with Crippen LogP contribution in [0.25, 0.3) is 0 Å². The van der Waals surface area contributed by atoms with E-state index in [0.29, 0.717) is 0 Å². The largest absolute Gasteiger partial charge is 0.376 e. The maximum Gasteiger partial charge on any atom is 0.189 e. The highest BCUT2D eigenvalue weighted by Crippen LogP contribution is 2.20. The third-order valence-electron chi connectivity index (χ3n) is 1.26. The van der Waals surface area contributed by atoms with Gasteiger partial charge in [0.1, 0.15) is 0 Å². The molecule has 1 rings (SSSR count). The number of thiocarbonyl (C=S) groups is 1. The lowest BCUT2D eigenvalue weighted by molar-refractivity contribution is 1.23. The van der Waals surface area contributed by atoms with Crippen molar-refractivity contribution in [2.24, 2.45) is 5.73 Å². The van der Waals surface area contributed by atoms with Crippen LogP contribution in [0.1, 0.15) is 10.6 Å². The van der Waals surface area contributed by atoms with Crippen molar-refractivity contribution in [2.45, 2.75) is 13.8 Å². The molecule has 0 aliphatic rings. The van der Waals surface area contributed by atoms with Crippen LogP contribution in [0.2, 0.25) is 0 Å². The predicted octanol–water partition coefficient (Wildman–Crippen LogP) is 1.42. The van der Waals surface area contributed by atoms with Crippen molar-refractivity contribution in [1.29, 1.82) is 0 Å². The molecule has 1 aromatic heterocycles. The molecule has 0 atom stereocenters. The van der Waals surface area contributed by atoms with E-state index in [1.807, 2.05) is 13.8 Å². The van der Waals surface area contributed by atoms with Crippen molar-refractivity contribution in [2.75, 3.05) is 5.32 Å². The van der Waals surface area contributed by atoms with Gasteiger partial charge in [-0.2, -0.15) is 0 Å². The zero-order chi connectivity index (χ0) is 8.43. The van der Waals surface area contributed by atoms with Gasteiger partial charge in [-0.15, -0.1) is 11.3 Å². The monoisotopic (exact) mass is 187 g/mol. The second-order valence-electron chi connectivity index (χ2n) is 2.15. The zero-order valence-corrected chi connectivity index (χ0v) is 7.97. The molecule has 0 amide bonds. The van der Waals surface area contributed by atoms with E-state index < -0.39 is 0 Å². The Kier molecular flexibility index (Phi) is 2.41. The van der Waals surface area contributed by atoms with Crippen LogP contribution in [0, 0.1) is 13.8 Å². The lowest BCUT2D eigenvalue weighted by Gasteiger charge is -1.94. The van der Waals surface area contributed by atoms with Gasteiger partial charge in [0.05, 0.1) is 5.69 Å². The maximum atomic E-state index is 5.27. The van der Waals surface area contributed by atoms with Gasteiger partial charge in [0.15, 0.2) is 10.2 Å². The summed E-state index contributed by atoms with van der Waals surface area (Å²) >= 11 is 6.22. The molecule has 0 aromatic carbocycles. The molecular weight excluding hydrogens is 178 g/mol. The second kappa shape index (κ2) is 3.15. The molecule has 11 heavy (non-hydrogen) atoms. The molecule has 3 N–H and O–H groups in total. The molecule has 0 spiro atoms. The van der Waals surface area contributed by atoms with Crippen LogP contribution in [0.4, 0.5) is 5.13 Å². The molecule has 60 valence electrons. The zero-order valence-electron chi connectivity index (χ0n) is 6.34. The van der Waals surface area contributed by atoms with Crippen molar-refractivity contribution in [3.05, 3.63) is 10.6 Å². The van der Waals surface area contributed by atoms with Crippen LogP contribution in [0.3, 0.4) is 0 Å². The van der Waals surface area contributed by atoms with E-state index in [4.69, 9.17) is 5.73 Å². The van der Waals surface area contributed by atoms with Crippen LogP contribution in [0.5, 0.6) is 0 Å². The Balaban J connectivity index is 2.81. The molecule has 0 aliphatic heterocycles. The number of anilines is 1. The molecule has 0 fully saturated rings. The fourth-order valence-electron chi connectivity index (χ4n) is 0.632. The molecular formula is C6H9N3S2. The van der Waals surface area contributed by atoms with Crippen molar-refractivity contribution in [3.63, 3.8) is 0 Å². The quantitative estimate of drug-likeness (QED) is 0.653. The molecule has 0 saturated heterocycles. The molecule has 0 unspecified atom stereocenters. The number of aryl methyl sites for hydroxylation is 2. The number of aromatic nitrogens is 1. The van der Waals surface area contributed by atoms with Gasteiger partial charge in [0.2, 0.25) is 0 Å². The number of hydrogen-bond acceptors (Lipinski definition) is 3. The highest BCUT2D eigenvalue weighted by atomic mass is 32.1. The predicted molar refractivity (Wildman–Crippen MR) is 52.0 cm³/mol. The molecule has 1 heterocycles. The average molecular weight is 187 g/mol. The van der Waals surface area contributed by atoms with Gasteiger partial charge in [-0.05, 0) is 26.1 Å². The normalized spacial score (nSPS) is 9.64. The number of nitrogens with one attached hydrogen (secondary N) is 1. The van der Waals surface area contributed by atoms with Crippen LogP contribution < -0.4 is 11.1 Å². The summed E-state index contributed by atoms with van der Waals surface area (Å²) in [6.45, 7) is 3.97. The molecule has 1 aromatic rings. The molecule has 0 aliphatic carbocycles. The lowest BCUT2D eigenvalue weighted by Crippen LogP contribution is -2.18. The fourth-order valence-corrected chi connectivity index (χ4v) is 1.62. The van der Waals surface area contributed by atoms with Crippen LogP contribution in [-0.4, -0.2) is 10.1 Å². The lowest BCUT2D eigenvalue weighted by atomic mass is 10.4. The van der Waals surface area contributed by atoms with Crippen molar-refractivity contribution in [1.82, 2.24) is 4.98 Å². The fraction of sp³-hybridized carbons (Fsp3) is 0.333. The standard InChI is InChI=1S/C6H9N3S2/c1-3-4(2)11-6(8-3)9-5(7)10/h1-2H3,(H3,7,8,9,10). The number of rotatable bonds is 1. The first kappa shape index (κ1) is 8.42. The summed E-state index contributed by atoms with van der Waals surface area (Å²) in [4.78, 5) is 5.37. The number of thiazole rings is 1. The van der Waals surface area contributed by atoms with Gasteiger partial charge in [-0.3, -0.25) is 0 Å². The summed E-state index contributed by atoms with van der Waals surface area (Å²) in [6, 6.07) is 0. The van der Waals surface area contributed by atoms with E-state index in [-0.39, 0.29) is 5.11 Å². The highest BCUT2D eigenvalue weighted by molar-refractivity contribution is 7.80. The molecule has 0 radical (unpaired) electrons. The number of nitrogens with zero attached hydrogens (tertiary/aromatic N) is 1. The first-order valence-electron chi connectivity index (χ1n) is 3.10. The molecule has 0 saturated carbocycles. The van der Waals surface area contributed by atoms with Gasteiger partial charge in [-0.25, -0.2) is 4.98 Å². The second-order valence-corrected chi connectivity index (χ2v) is 3.79. The van der Waals surface area contributed by atoms with Gasteiger partial charge < -0.3 is 11.1 Å². The number of nitrogens with two attached hydrogens (primary N) is 1. The Bertz CT molecular complexity index is 260. The molecule has 5 heteroatoms. The Morgan fingerprint density at radius 3 is 2.64 bits per heavy atom. The van der Waals surface area contributed by atoms with E-state index in [9.17, 15) is 0 Å². The summed E-state index contributed by atoms with van der Waals surface area (Å²) in [5.41, 5.74) is 6.29. The van der Waals surface area contributed by atoms with Gasteiger partial charge in [0, 0.05) is 4.88 Å².